The lowest BCUT2D eigenvalue weighted by atomic mass is 10.1. The Morgan fingerprint density at radius 2 is 1.71 bits per heavy atom. The standard InChI is InChI=1S/C15H16N2O2S2/c16-15(20)14-8-4-7-13(9-14)11-21(18,19)17-10-12-5-2-1-3-6-12/h1-9,17H,10-11H2,(H2,16,20). The average molecular weight is 320 g/mol. The van der Waals surface area contributed by atoms with Gasteiger partial charge in [0.1, 0.15) is 4.99 Å². The Morgan fingerprint density at radius 1 is 1.05 bits per heavy atom. The van der Waals surface area contributed by atoms with E-state index >= 15 is 0 Å². The minimum atomic E-state index is -3.41. The lowest BCUT2D eigenvalue weighted by Gasteiger charge is -2.08. The molecule has 0 aliphatic heterocycles. The van der Waals surface area contributed by atoms with Gasteiger partial charge in [-0.25, -0.2) is 13.1 Å². The summed E-state index contributed by atoms with van der Waals surface area (Å²) in [7, 11) is -3.41. The molecule has 0 bridgehead atoms. The van der Waals surface area contributed by atoms with E-state index in [0.717, 1.165) is 5.56 Å². The average Bonchev–Trinajstić information content (AvgIpc) is 2.46. The highest BCUT2D eigenvalue weighted by atomic mass is 32.2. The molecule has 0 aromatic heterocycles. The third kappa shape index (κ3) is 4.93. The van der Waals surface area contributed by atoms with E-state index in [4.69, 9.17) is 18.0 Å². The Labute approximate surface area is 130 Å². The maximum absolute atomic E-state index is 12.1. The first-order valence-electron chi connectivity index (χ1n) is 6.36. The zero-order chi connectivity index (χ0) is 15.3. The van der Waals surface area contributed by atoms with Crippen molar-refractivity contribution in [2.75, 3.05) is 0 Å². The highest BCUT2D eigenvalue weighted by Gasteiger charge is 2.12. The second-order valence-corrected chi connectivity index (χ2v) is 6.88. The largest absolute Gasteiger partial charge is 0.389 e. The summed E-state index contributed by atoms with van der Waals surface area (Å²) >= 11 is 4.89. The van der Waals surface area contributed by atoms with Crippen LogP contribution in [0.2, 0.25) is 0 Å². The zero-order valence-electron chi connectivity index (χ0n) is 11.3. The Kier molecular flexibility index (Phi) is 5.06. The van der Waals surface area contributed by atoms with Gasteiger partial charge in [0.2, 0.25) is 10.0 Å². The van der Waals surface area contributed by atoms with Crippen LogP contribution in [0.1, 0.15) is 16.7 Å². The Bertz CT molecular complexity index is 728. The molecule has 0 unspecified atom stereocenters. The molecule has 0 amide bonds. The Morgan fingerprint density at radius 3 is 2.38 bits per heavy atom. The van der Waals surface area contributed by atoms with E-state index in [9.17, 15) is 8.42 Å². The van der Waals surface area contributed by atoms with Crippen LogP contribution >= 0.6 is 12.2 Å². The maximum atomic E-state index is 12.1. The number of nitrogens with two attached hydrogens (primary N) is 1. The third-order valence-electron chi connectivity index (χ3n) is 2.91. The molecule has 4 nitrogen and oxygen atoms in total. The number of nitrogens with one attached hydrogen (secondary N) is 1. The van der Waals surface area contributed by atoms with Crippen molar-refractivity contribution in [2.24, 2.45) is 5.73 Å². The molecule has 0 heterocycles. The summed E-state index contributed by atoms with van der Waals surface area (Å²) in [6.07, 6.45) is 0. The second kappa shape index (κ2) is 6.80. The van der Waals surface area contributed by atoms with Gasteiger partial charge in [0, 0.05) is 12.1 Å². The van der Waals surface area contributed by atoms with Crippen molar-refractivity contribution in [2.45, 2.75) is 12.3 Å². The van der Waals surface area contributed by atoms with Gasteiger partial charge in [0.15, 0.2) is 0 Å². The van der Waals surface area contributed by atoms with Crippen molar-refractivity contribution in [1.82, 2.24) is 4.72 Å². The van der Waals surface area contributed by atoms with Crippen LogP contribution in [-0.2, 0) is 22.3 Å². The summed E-state index contributed by atoms with van der Waals surface area (Å²) in [4.78, 5) is 0.256. The van der Waals surface area contributed by atoms with Gasteiger partial charge in [-0.1, -0.05) is 60.7 Å². The third-order valence-corrected chi connectivity index (χ3v) is 4.44. The minimum absolute atomic E-state index is 0.101. The first-order chi connectivity index (χ1) is 9.96. The van der Waals surface area contributed by atoms with Gasteiger partial charge in [-0.3, -0.25) is 0 Å². The van der Waals surface area contributed by atoms with Crippen molar-refractivity contribution >= 4 is 27.2 Å². The quantitative estimate of drug-likeness (QED) is 0.798. The van der Waals surface area contributed by atoms with Crippen molar-refractivity contribution in [3.63, 3.8) is 0 Å². The van der Waals surface area contributed by atoms with Crippen molar-refractivity contribution in [3.05, 3.63) is 71.3 Å². The molecule has 0 fully saturated rings. The van der Waals surface area contributed by atoms with Gasteiger partial charge in [-0.05, 0) is 17.2 Å². The molecule has 0 saturated heterocycles. The normalized spacial score (nSPS) is 11.2. The predicted octanol–water partition coefficient (Wildman–Crippen LogP) is 1.94. The van der Waals surface area contributed by atoms with E-state index in [1.54, 1.807) is 24.3 Å². The monoisotopic (exact) mass is 320 g/mol. The van der Waals surface area contributed by atoms with E-state index in [0.29, 0.717) is 11.1 Å². The number of sulfonamides is 1. The molecule has 6 heteroatoms. The molecule has 0 saturated carbocycles. The van der Waals surface area contributed by atoms with Crippen LogP contribution in [0.5, 0.6) is 0 Å². The first-order valence-corrected chi connectivity index (χ1v) is 8.42. The molecule has 2 rings (SSSR count). The molecular formula is C15H16N2O2S2. The van der Waals surface area contributed by atoms with Crippen molar-refractivity contribution in [3.8, 4) is 0 Å². The Balaban J connectivity index is 2.04. The van der Waals surface area contributed by atoms with Crippen LogP contribution in [0.15, 0.2) is 54.6 Å². The summed E-state index contributed by atoms with van der Waals surface area (Å²) in [6, 6.07) is 16.3. The van der Waals surface area contributed by atoms with Crippen LogP contribution in [0.4, 0.5) is 0 Å². The van der Waals surface area contributed by atoms with Gasteiger partial charge < -0.3 is 5.73 Å². The van der Waals surface area contributed by atoms with E-state index < -0.39 is 10.0 Å². The molecule has 110 valence electrons. The fourth-order valence-electron chi connectivity index (χ4n) is 1.87. The number of benzene rings is 2. The van der Waals surface area contributed by atoms with Crippen molar-refractivity contribution < 1.29 is 8.42 Å². The number of thiocarbonyl (C=S) groups is 1. The smallest absolute Gasteiger partial charge is 0.216 e. The predicted molar refractivity (Wildman–Crippen MR) is 88.2 cm³/mol. The molecule has 0 radical (unpaired) electrons. The van der Waals surface area contributed by atoms with Crippen LogP contribution in [0.3, 0.4) is 0 Å². The fraction of sp³-hybridized carbons (Fsp3) is 0.133. The molecule has 2 aromatic carbocycles. The van der Waals surface area contributed by atoms with Crippen LogP contribution in [-0.4, -0.2) is 13.4 Å². The molecule has 21 heavy (non-hydrogen) atoms. The molecule has 0 spiro atoms. The van der Waals surface area contributed by atoms with Crippen LogP contribution in [0.25, 0.3) is 0 Å². The van der Waals surface area contributed by atoms with Gasteiger partial charge in [0.05, 0.1) is 5.75 Å². The summed E-state index contributed by atoms with van der Waals surface area (Å²) in [6.45, 7) is 0.276. The highest BCUT2D eigenvalue weighted by molar-refractivity contribution is 7.88. The number of hydrogen-bond acceptors (Lipinski definition) is 3. The van der Waals surface area contributed by atoms with E-state index in [2.05, 4.69) is 4.72 Å². The molecule has 0 aliphatic rings. The van der Waals surface area contributed by atoms with E-state index in [1.807, 2.05) is 30.3 Å². The summed E-state index contributed by atoms with van der Waals surface area (Å²) in [5.41, 5.74) is 7.78. The molecule has 0 aliphatic carbocycles. The molecule has 2 aromatic rings. The molecule has 3 N–H and O–H groups in total. The van der Waals surface area contributed by atoms with E-state index in [1.165, 1.54) is 0 Å². The summed E-state index contributed by atoms with van der Waals surface area (Å²) in [5.74, 6) is -0.101. The first kappa shape index (κ1) is 15.6. The van der Waals surface area contributed by atoms with Crippen LogP contribution in [0, 0.1) is 0 Å². The zero-order valence-corrected chi connectivity index (χ0v) is 13.0. The lowest BCUT2D eigenvalue weighted by Crippen LogP contribution is -2.24. The minimum Gasteiger partial charge on any atom is -0.389 e. The summed E-state index contributed by atoms with van der Waals surface area (Å²) in [5, 5.41) is 0. The Hall–Kier alpha value is -1.76. The van der Waals surface area contributed by atoms with E-state index in [-0.39, 0.29) is 17.3 Å². The summed E-state index contributed by atoms with van der Waals surface area (Å²) < 4.78 is 26.7. The topological polar surface area (TPSA) is 72.2 Å². The maximum Gasteiger partial charge on any atom is 0.216 e. The van der Waals surface area contributed by atoms with Gasteiger partial charge in [-0.15, -0.1) is 0 Å². The lowest BCUT2D eigenvalue weighted by molar-refractivity contribution is 0.580. The van der Waals surface area contributed by atoms with Gasteiger partial charge in [-0.2, -0.15) is 0 Å². The molecule has 0 atom stereocenters. The number of hydrogen-bond donors (Lipinski definition) is 2. The van der Waals surface area contributed by atoms with Crippen LogP contribution < -0.4 is 10.5 Å². The number of rotatable bonds is 6. The second-order valence-electron chi connectivity index (χ2n) is 4.63. The van der Waals surface area contributed by atoms with Gasteiger partial charge >= 0.3 is 0 Å². The highest BCUT2D eigenvalue weighted by Crippen LogP contribution is 2.09. The van der Waals surface area contributed by atoms with Gasteiger partial charge in [0.25, 0.3) is 0 Å². The SMILES string of the molecule is NC(=S)c1cccc(CS(=O)(=O)NCc2ccccc2)c1. The van der Waals surface area contributed by atoms with Crippen molar-refractivity contribution in [1.29, 1.82) is 0 Å². The molecular weight excluding hydrogens is 304 g/mol. The fourth-order valence-corrected chi connectivity index (χ4v) is 3.11.